The minimum atomic E-state index is -0.328. The van der Waals surface area contributed by atoms with Gasteiger partial charge >= 0.3 is 0 Å². The van der Waals surface area contributed by atoms with Crippen molar-refractivity contribution in [3.8, 4) is 5.75 Å². The van der Waals surface area contributed by atoms with Crippen molar-refractivity contribution in [1.82, 2.24) is 5.32 Å². The summed E-state index contributed by atoms with van der Waals surface area (Å²) in [5, 5.41) is 3.11. The van der Waals surface area contributed by atoms with Crippen LogP contribution >= 0.6 is 0 Å². The smallest absolute Gasteiger partial charge is 0.221 e. The van der Waals surface area contributed by atoms with E-state index in [1.165, 1.54) is 0 Å². The number of ether oxygens (including phenoxy) is 1. The van der Waals surface area contributed by atoms with Crippen molar-refractivity contribution in [2.24, 2.45) is 11.7 Å². The van der Waals surface area contributed by atoms with Gasteiger partial charge in [-0.25, -0.2) is 0 Å². The van der Waals surface area contributed by atoms with Gasteiger partial charge in [-0.2, -0.15) is 0 Å². The van der Waals surface area contributed by atoms with Crippen LogP contribution in [0.25, 0.3) is 0 Å². The van der Waals surface area contributed by atoms with Gasteiger partial charge in [0.2, 0.25) is 5.91 Å². The van der Waals surface area contributed by atoms with Crippen molar-refractivity contribution in [3.05, 3.63) is 29.8 Å². The van der Waals surface area contributed by atoms with Crippen molar-refractivity contribution in [2.45, 2.75) is 52.0 Å². The molecule has 0 spiro atoms. The molecule has 1 aromatic rings. The fraction of sp³-hybridized carbons (Fsp3) is 0.611. The van der Waals surface area contributed by atoms with E-state index in [4.69, 9.17) is 10.5 Å². The topological polar surface area (TPSA) is 64.3 Å². The zero-order valence-electron chi connectivity index (χ0n) is 14.5. The maximum absolute atomic E-state index is 12.3. The molecule has 0 aliphatic carbocycles. The number of hydrogen-bond donors (Lipinski definition) is 2. The van der Waals surface area contributed by atoms with E-state index in [2.05, 4.69) is 26.1 Å². The van der Waals surface area contributed by atoms with E-state index in [9.17, 15) is 4.79 Å². The van der Waals surface area contributed by atoms with E-state index in [0.717, 1.165) is 17.7 Å². The zero-order valence-corrected chi connectivity index (χ0v) is 14.5. The second kappa shape index (κ2) is 8.18. The first kappa shape index (κ1) is 18.5. The third kappa shape index (κ3) is 5.68. The molecule has 0 saturated heterocycles. The van der Waals surface area contributed by atoms with Gasteiger partial charge in [0.05, 0.1) is 7.11 Å². The second-order valence-corrected chi connectivity index (χ2v) is 6.79. The molecule has 124 valence electrons. The highest BCUT2D eigenvalue weighted by Crippen LogP contribution is 2.23. The van der Waals surface area contributed by atoms with Gasteiger partial charge < -0.3 is 15.8 Å². The molecule has 0 fully saturated rings. The highest BCUT2D eigenvalue weighted by Gasteiger charge is 2.26. The lowest BCUT2D eigenvalue weighted by atomic mass is 9.90. The molecule has 0 radical (unpaired) electrons. The minimum absolute atomic E-state index is 0.0527. The maximum atomic E-state index is 12.3. The molecule has 1 aromatic carbocycles. The summed E-state index contributed by atoms with van der Waals surface area (Å²) in [5.74, 6) is 1.53. The summed E-state index contributed by atoms with van der Waals surface area (Å²) in [6.45, 7) is 8.81. The summed E-state index contributed by atoms with van der Waals surface area (Å²) in [7, 11) is 1.65. The lowest BCUT2D eigenvalue weighted by molar-refractivity contribution is -0.123. The SMILES string of the molecule is COc1ccc(C(C)CC(=O)NC(C)(CN)CC(C)C)cc1. The third-order valence-corrected chi connectivity index (χ3v) is 3.93. The number of carbonyl (C=O) groups is 1. The highest BCUT2D eigenvalue weighted by molar-refractivity contribution is 5.77. The van der Waals surface area contributed by atoms with Crippen LogP contribution in [0.15, 0.2) is 24.3 Å². The van der Waals surface area contributed by atoms with E-state index in [1.807, 2.05) is 31.2 Å². The summed E-state index contributed by atoms with van der Waals surface area (Å²) >= 11 is 0. The Balaban J connectivity index is 2.62. The number of amides is 1. The fourth-order valence-corrected chi connectivity index (χ4v) is 2.80. The number of nitrogens with one attached hydrogen (secondary N) is 1. The lowest BCUT2D eigenvalue weighted by Crippen LogP contribution is -2.52. The molecule has 1 amide bonds. The fourth-order valence-electron chi connectivity index (χ4n) is 2.80. The first-order valence-corrected chi connectivity index (χ1v) is 7.94. The average molecular weight is 306 g/mol. The maximum Gasteiger partial charge on any atom is 0.221 e. The molecule has 1 rings (SSSR count). The molecule has 0 aliphatic heterocycles. The molecule has 4 nitrogen and oxygen atoms in total. The summed E-state index contributed by atoms with van der Waals surface area (Å²) < 4.78 is 5.15. The Bertz CT molecular complexity index is 470. The summed E-state index contributed by atoms with van der Waals surface area (Å²) in [4.78, 5) is 12.3. The van der Waals surface area contributed by atoms with Crippen molar-refractivity contribution in [1.29, 1.82) is 0 Å². The second-order valence-electron chi connectivity index (χ2n) is 6.79. The summed E-state index contributed by atoms with van der Waals surface area (Å²) in [6, 6.07) is 7.86. The van der Waals surface area contributed by atoms with Crippen LogP contribution in [0.3, 0.4) is 0 Å². The van der Waals surface area contributed by atoms with E-state index in [1.54, 1.807) is 7.11 Å². The van der Waals surface area contributed by atoms with Crippen LogP contribution in [-0.4, -0.2) is 25.1 Å². The largest absolute Gasteiger partial charge is 0.497 e. The molecule has 0 bridgehead atoms. The van der Waals surface area contributed by atoms with Crippen LogP contribution in [0.4, 0.5) is 0 Å². The third-order valence-electron chi connectivity index (χ3n) is 3.93. The number of methoxy groups -OCH3 is 1. The van der Waals surface area contributed by atoms with Gasteiger partial charge in [0, 0.05) is 18.5 Å². The Kier molecular flexibility index (Phi) is 6.88. The molecular formula is C18H30N2O2. The molecule has 0 aromatic heterocycles. The van der Waals surface area contributed by atoms with Gasteiger partial charge in [0.1, 0.15) is 5.75 Å². The first-order valence-electron chi connectivity index (χ1n) is 7.94. The van der Waals surface area contributed by atoms with Crippen LogP contribution in [0.1, 0.15) is 52.0 Å². The van der Waals surface area contributed by atoms with Crippen LogP contribution in [-0.2, 0) is 4.79 Å². The first-order chi connectivity index (χ1) is 10.3. The monoisotopic (exact) mass is 306 g/mol. The Hall–Kier alpha value is -1.55. The van der Waals surface area contributed by atoms with E-state index < -0.39 is 0 Å². The molecule has 0 heterocycles. The van der Waals surface area contributed by atoms with E-state index >= 15 is 0 Å². The Labute approximate surface area is 134 Å². The minimum Gasteiger partial charge on any atom is -0.497 e. The number of carbonyl (C=O) groups excluding carboxylic acids is 1. The van der Waals surface area contributed by atoms with Gasteiger partial charge in [0.25, 0.3) is 0 Å². The number of hydrogen-bond acceptors (Lipinski definition) is 3. The van der Waals surface area contributed by atoms with Gasteiger partial charge in [-0.1, -0.05) is 32.9 Å². The van der Waals surface area contributed by atoms with Crippen LogP contribution in [0.5, 0.6) is 5.75 Å². The van der Waals surface area contributed by atoms with Gasteiger partial charge in [-0.05, 0) is 42.9 Å². The van der Waals surface area contributed by atoms with Crippen LogP contribution in [0, 0.1) is 5.92 Å². The molecule has 22 heavy (non-hydrogen) atoms. The number of rotatable bonds is 8. The molecule has 3 N–H and O–H groups in total. The average Bonchev–Trinajstić information content (AvgIpc) is 2.46. The van der Waals surface area contributed by atoms with Crippen molar-refractivity contribution in [2.75, 3.05) is 13.7 Å². The van der Waals surface area contributed by atoms with Gasteiger partial charge in [0.15, 0.2) is 0 Å². The van der Waals surface area contributed by atoms with E-state index in [0.29, 0.717) is 18.9 Å². The van der Waals surface area contributed by atoms with Crippen LogP contribution < -0.4 is 15.8 Å². The summed E-state index contributed by atoms with van der Waals surface area (Å²) in [5.41, 5.74) is 6.65. The molecular weight excluding hydrogens is 276 g/mol. The van der Waals surface area contributed by atoms with Crippen molar-refractivity contribution < 1.29 is 9.53 Å². The molecule has 0 aliphatic rings. The highest BCUT2D eigenvalue weighted by atomic mass is 16.5. The molecule has 2 atom stereocenters. The van der Waals surface area contributed by atoms with Crippen molar-refractivity contribution >= 4 is 5.91 Å². The number of benzene rings is 1. The van der Waals surface area contributed by atoms with Gasteiger partial charge in [-0.15, -0.1) is 0 Å². The van der Waals surface area contributed by atoms with Crippen LogP contribution in [0.2, 0.25) is 0 Å². The molecule has 2 unspecified atom stereocenters. The van der Waals surface area contributed by atoms with E-state index in [-0.39, 0.29) is 17.4 Å². The standard InChI is InChI=1S/C18H30N2O2/c1-13(2)11-18(4,12-19)20-17(21)10-14(3)15-6-8-16(22-5)9-7-15/h6-9,13-14H,10-12,19H2,1-5H3,(H,20,21). The molecule has 0 saturated carbocycles. The molecule has 4 heteroatoms. The predicted molar refractivity (Wildman–Crippen MR) is 91.1 cm³/mol. The Morgan fingerprint density at radius 1 is 1.27 bits per heavy atom. The quantitative estimate of drug-likeness (QED) is 0.776. The zero-order chi connectivity index (χ0) is 16.8. The lowest BCUT2D eigenvalue weighted by Gasteiger charge is -2.31. The number of nitrogens with two attached hydrogens (primary N) is 1. The van der Waals surface area contributed by atoms with Gasteiger partial charge in [-0.3, -0.25) is 4.79 Å². The Morgan fingerprint density at radius 3 is 2.32 bits per heavy atom. The predicted octanol–water partition coefficient (Wildman–Crippen LogP) is 3.07. The Morgan fingerprint density at radius 2 is 1.86 bits per heavy atom. The normalized spacial score (nSPS) is 15.2. The summed E-state index contributed by atoms with van der Waals surface area (Å²) in [6.07, 6.45) is 1.34. The van der Waals surface area contributed by atoms with Crippen molar-refractivity contribution in [3.63, 3.8) is 0 Å².